The van der Waals surface area contributed by atoms with E-state index >= 15 is 0 Å². The van der Waals surface area contributed by atoms with Gasteiger partial charge in [-0.25, -0.2) is 0 Å². The van der Waals surface area contributed by atoms with Crippen molar-refractivity contribution in [2.24, 2.45) is 23.2 Å². The number of aliphatic carboxylic acids is 1. The molecule has 1 radical (unpaired) electrons. The Labute approximate surface area is 94.9 Å². The second-order valence-electron chi connectivity index (χ2n) is 5.50. The third-order valence-electron chi connectivity index (χ3n) is 4.49. The van der Waals surface area contributed by atoms with E-state index in [1.807, 2.05) is 0 Å². The summed E-state index contributed by atoms with van der Waals surface area (Å²) >= 11 is 0. The van der Waals surface area contributed by atoms with Gasteiger partial charge in [0, 0.05) is 17.1 Å². The van der Waals surface area contributed by atoms with Gasteiger partial charge in [0.1, 0.15) is 0 Å². The van der Waals surface area contributed by atoms with Crippen molar-refractivity contribution < 1.29 is 27.0 Å². The minimum atomic E-state index is -0.508. The van der Waals surface area contributed by atoms with Crippen LogP contribution in [0.1, 0.15) is 38.5 Å². The van der Waals surface area contributed by atoms with Crippen LogP contribution < -0.4 is 0 Å². The molecule has 0 heterocycles. The molecular formula is C11H16CuO2. The molecule has 0 aliphatic heterocycles. The molecule has 0 aromatic heterocycles. The molecule has 1 N–H and O–H groups in total. The molecule has 4 fully saturated rings. The molecule has 2 nitrogen and oxygen atoms in total. The largest absolute Gasteiger partial charge is 0.481 e. The first kappa shape index (κ1) is 10.5. The van der Waals surface area contributed by atoms with Crippen LogP contribution in [0.2, 0.25) is 0 Å². The van der Waals surface area contributed by atoms with Crippen molar-refractivity contribution in [1.82, 2.24) is 0 Å². The molecule has 0 aromatic rings. The maximum atomic E-state index is 11.3. The van der Waals surface area contributed by atoms with Gasteiger partial charge in [-0.2, -0.15) is 0 Å². The average molecular weight is 244 g/mol. The van der Waals surface area contributed by atoms with E-state index in [1.165, 1.54) is 19.3 Å². The zero-order valence-corrected chi connectivity index (χ0v) is 9.07. The topological polar surface area (TPSA) is 37.3 Å². The molecule has 14 heavy (non-hydrogen) atoms. The Morgan fingerprint density at radius 1 is 1.00 bits per heavy atom. The zero-order valence-electron chi connectivity index (χ0n) is 8.13. The molecule has 0 saturated heterocycles. The van der Waals surface area contributed by atoms with E-state index in [-0.39, 0.29) is 22.5 Å². The van der Waals surface area contributed by atoms with Gasteiger partial charge in [-0.1, -0.05) is 0 Å². The second-order valence-corrected chi connectivity index (χ2v) is 5.50. The summed E-state index contributed by atoms with van der Waals surface area (Å²) in [6, 6.07) is 0. The first-order valence-corrected chi connectivity index (χ1v) is 5.41. The fourth-order valence-corrected chi connectivity index (χ4v) is 4.37. The summed E-state index contributed by atoms with van der Waals surface area (Å²) in [5.41, 5.74) is -0.283. The Balaban J connectivity index is 0.000000750. The van der Waals surface area contributed by atoms with E-state index in [4.69, 9.17) is 0 Å². The summed E-state index contributed by atoms with van der Waals surface area (Å²) in [6.07, 6.45) is 6.92. The predicted octanol–water partition coefficient (Wildman–Crippen LogP) is 2.28. The van der Waals surface area contributed by atoms with Crippen molar-refractivity contribution in [3.63, 3.8) is 0 Å². The van der Waals surface area contributed by atoms with Crippen LogP contribution in [-0.2, 0) is 21.9 Å². The Morgan fingerprint density at radius 2 is 1.36 bits per heavy atom. The Hall–Kier alpha value is -0.0105. The van der Waals surface area contributed by atoms with Gasteiger partial charge in [0.2, 0.25) is 0 Å². The van der Waals surface area contributed by atoms with E-state index in [1.54, 1.807) is 0 Å². The molecule has 83 valence electrons. The van der Waals surface area contributed by atoms with Gasteiger partial charge in [-0.3, -0.25) is 4.79 Å². The van der Waals surface area contributed by atoms with Crippen molar-refractivity contribution in [2.75, 3.05) is 0 Å². The number of hydrogen-bond acceptors (Lipinski definition) is 1. The summed E-state index contributed by atoms with van der Waals surface area (Å²) in [4.78, 5) is 11.3. The van der Waals surface area contributed by atoms with Gasteiger partial charge in [0.25, 0.3) is 0 Å². The molecule has 4 aliphatic carbocycles. The summed E-state index contributed by atoms with van der Waals surface area (Å²) in [5.74, 6) is 1.75. The smallest absolute Gasteiger partial charge is 0.309 e. The molecule has 3 heteroatoms. The third kappa shape index (κ3) is 1.33. The molecule has 4 saturated carbocycles. The van der Waals surface area contributed by atoms with Gasteiger partial charge in [-0.05, 0) is 56.3 Å². The first-order valence-electron chi connectivity index (χ1n) is 5.41. The third-order valence-corrected chi connectivity index (χ3v) is 4.49. The minimum Gasteiger partial charge on any atom is -0.481 e. The average Bonchev–Trinajstić information content (AvgIpc) is 2.00. The number of hydrogen-bond donors (Lipinski definition) is 1. The zero-order chi connectivity index (χ0) is 9.05. The van der Waals surface area contributed by atoms with Crippen LogP contribution >= 0.6 is 0 Å². The Bertz CT molecular complexity index is 227. The van der Waals surface area contributed by atoms with E-state index < -0.39 is 5.97 Å². The monoisotopic (exact) mass is 243 g/mol. The van der Waals surface area contributed by atoms with Crippen molar-refractivity contribution in [3.8, 4) is 0 Å². The molecule has 0 amide bonds. The maximum absolute atomic E-state index is 11.3. The van der Waals surface area contributed by atoms with E-state index in [0.717, 1.165) is 37.0 Å². The van der Waals surface area contributed by atoms with E-state index in [0.29, 0.717) is 0 Å². The molecular weight excluding hydrogens is 228 g/mol. The molecule has 4 bridgehead atoms. The Kier molecular flexibility index (Phi) is 2.43. The van der Waals surface area contributed by atoms with Crippen LogP contribution in [0.5, 0.6) is 0 Å². The van der Waals surface area contributed by atoms with Crippen molar-refractivity contribution >= 4 is 5.97 Å². The van der Waals surface area contributed by atoms with Gasteiger partial charge in [0.15, 0.2) is 0 Å². The molecule has 0 aromatic carbocycles. The van der Waals surface area contributed by atoms with Crippen LogP contribution in [0.3, 0.4) is 0 Å². The van der Waals surface area contributed by atoms with E-state index in [2.05, 4.69) is 0 Å². The van der Waals surface area contributed by atoms with Crippen molar-refractivity contribution in [3.05, 3.63) is 0 Å². The summed E-state index contributed by atoms with van der Waals surface area (Å²) < 4.78 is 0. The quantitative estimate of drug-likeness (QED) is 0.718. The van der Waals surface area contributed by atoms with Gasteiger partial charge < -0.3 is 5.11 Å². The van der Waals surface area contributed by atoms with Gasteiger partial charge in [-0.15, -0.1) is 0 Å². The Morgan fingerprint density at radius 3 is 1.64 bits per heavy atom. The predicted molar refractivity (Wildman–Crippen MR) is 48.2 cm³/mol. The van der Waals surface area contributed by atoms with Crippen molar-refractivity contribution in [1.29, 1.82) is 0 Å². The van der Waals surface area contributed by atoms with Gasteiger partial charge in [0.05, 0.1) is 5.41 Å². The number of carbonyl (C=O) groups is 1. The molecule has 0 atom stereocenters. The number of carboxylic acid groups (broad SMARTS) is 1. The van der Waals surface area contributed by atoms with Crippen LogP contribution in [0, 0.1) is 23.2 Å². The van der Waals surface area contributed by atoms with Gasteiger partial charge >= 0.3 is 5.97 Å². The van der Waals surface area contributed by atoms with Crippen LogP contribution in [0.4, 0.5) is 0 Å². The minimum absolute atomic E-state index is 0. The molecule has 0 spiro atoms. The summed E-state index contributed by atoms with van der Waals surface area (Å²) in [7, 11) is 0. The van der Waals surface area contributed by atoms with E-state index in [9.17, 15) is 9.90 Å². The van der Waals surface area contributed by atoms with Crippen LogP contribution in [0.15, 0.2) is 0 Å². The standard InChI is InChI=1S/C11H16O2.Cu/c12-10(13)11-4-7-1-8(5-11)3-9(2-7)6-11;/h7-9H,1-6H2,(H,12,13);. The van der Waals surface area contributed by atoms with Crippen LogP contribution in [-0.4, -0.2) is 11.1 Å². The number of rotatable bonds is 1. The summed E-state index contributed by atoms with van der Waals surface area (Å²) in [6.45, 7) is 0. The first-order chi connectivity index (χ1) is 6.18. The second kappa shape index (κ2) is 3.24. The van der Waals surface area contributed by atoms with Crippen molar-refractivity contribution in [2.45, 2.75) is 38.5 Å². The molecule has 4 rings (SSSR count). The normalized spacial score (nSPS) is 48.7. The molecule has 0 unspecified atom stereocenters. The maximum Gasteiger partial charge on any atom is 0.309 e. The molecule has 4 aliphatic rings. The SMILES string of the molecule is O=C(O)C12CC3CC(CC(C3)C1)C2.[Cu]. The fourth-order valence-electron chi connectivity index (χ4n) is 4.37. The summed E-state index contributed by atoms with van der Waals surface area (Å²) in [5, 5.41) is 9.28. The fraction of sp³-hybridized carbons (Fsp3) is 0.909. The van der Waals surface area contributed by atoms with Crippen LogP contribution in [0.25, 0.3) is 0 Å². The number of carboxylic acids is 1.